The first-order valence-electron chi connectivity index (χ1n) is 5.86. The van der Waals surface area contributed by atoms with E-state index in [0.29, 0.717) is 12.5 Å². The summed E-state index contributed by atoms with van der Waals surface area (Å²) >= 11 is 6.13. The molecule has 2 rings (SSSR count). The van der Waals surface area contributed by atoms with E-state index in [4.69, 9.17) is 16.7 Å². The van der Waals surface area contributed by atoms with E-state index in [-0.39, 0.29) is 0 Å². The number of aliphatic hydroxyl groups excluding tert-OH is 1. The number of benzene rings is 1. The van der Waals surface area contributed by atoms with Gasteiger partial charge < -0.3 is 5.11 Å². The Morgan fingerprint density at radius 2 is 2.19 bits per heavy atom. The fraction of sp³-hybridized carbons (Fsp3) is 0.538. The van der Waals surface area contributed by atoms with Gasteiger partial charge in [0.2, 0.25) is 0 Å². The van der Waals surface area contributed by atoms with Gasteiger partial charge in [-0.2, -0.15) is 0 Å². The second-order valence-electron chi connectivity index (χ2n) is 4.49. The van der Waals surface area contributed by atoms with Crippen LogP contribution in [0.25, 0.3) is 0 Å². The molecule has 3 heteroatoms. The molecule has 1 heterocycles. The summed E-state index contributed by atoms with van der Waals surface area (Å²) in [6.07, 6.45) is 2.13. The summed E-state index contributed by atoms with van der Waals surface area (Å²) in [4.78, 5) is 2.42. The van der Waals surface area contributed by atoms with E-state index < -0.39 is 0 Å². The largest absolute Gasteiger partial charge is 0.396 e. The lowest BCUT2D eigenvalue weighted by atomic mass is 10.1. The molecule has 16 heavy (non-hydrogen) atoms. The summed E-state index contributed by atoms with van der Waals surface area (Å²) in [7, 11) is 0. The molecule has 1 N–H and O–H groups in total. The first-order valence-corrected chi connectivity index (χ1v) is 6.24. The molecule has 1 fully saturated rings. The summed E-state index contributed by atoms with van der Waals surface area (Å²) < 4.78 is 0. The SMILES string of the molecule is OCCC1CCN(Cc2ccccc2Cl)C1. The molecule has 0 spiro atoms. The van der Waals surface area contributed by atoms with Gasteiger partial charge in [-0.25, -0.2) is 0 Å². The molecule has 1 aliphatic heterocycles. The molecule has 1 unspecified atom stereocenters. The summed E-state index contributed by atoms with van der Waals surface area (Å²) in [6.45, 7) is 3.45. The van der Waals surface area contributed by atoms with Gasteiger partial charge in [0.25, 0.3) is 0 Å². The second kappa shape index (κ2) is 5.67. The zero-order valence-corrected chi connectivity index (χ0v) is 10.2. The molecule has 0 saturated carbocycles. The fourth-order valence-corrected chi connectivity index (χ4v) is 2.54. The highest BCUT2D eigenvalue weighted by Gasteiger charge is 2.22. The number of halogens is 1. The van der Waals surface area contributed by atoms with Crippen LogP contribution in [-0.2, 0) is 6.54 Å². The molecular weight excluding hydrogens is 222 g/mol. The lowest BCUT2D eigenvalue weighted by Crippen LogP contribution is -2.20. The van der Waals surface area contributed by atoms with Crippen molar-refractivity contribution in [3.63, 3.8) is 0 Å². The van der Waals surface area contributed by atoms with Gasteiger partial charge in [-0.15, -0.1) is 0 Å². The van der Waals surface area contributed by atoms with Crippen LogP contribution in [0.1, 0.15) is 18.4 Å². The molecule has 0 amide bonds. The Hall–Kier alpha value is -0.570. The van der Waals surface area contributed by atoms with Crippen LogP contribution in [0.3, 0.4) is 0 Å². The van der Waals surface area contributed by atoms with Crippen molar-refractivity contribution in [2.75, 3.05) is 19.7 Å². The van der Waals surface area contributed by atoms with Gasteiger partial charge in [-0.1, -0.05) is 29.8 Å². The summed E-state index contributed by atoms with van der Waals surface area (Å²) in [5.41, 5.74) is 1.20. The first kappa shape index (κ1) is 11.9. The summed E-state index contributed by atoms with van der Waals surface area (Å²) in [6, 6.07) is 8.02. The predicted octanol–water partition coefficient (Wildman–Crippen LogP) is 2.54. The molecule has 1 aromatic rings. The minimum absolute atomic E-state index is 0.310. The monoisotopic (exact) mass is 239 g/mol. The van der Waals surface area contributed by atoms with Crippen molar-refractivity contribution in [1.29, 1.82) is 0 Å². The molecule has 0 bridgehead atoms. The molecule has 2 nitrogen and oxygen atoms in total. The molecule has 1 aromatic carbocycles. The Labute approximate surface area is 102 Å². The smallest absolute Gasteiger partial charge is 0.0451 e. The Morgan fingerprint density at radius 1 is 1.38 bits per heavy atom. The van der Waals surface area contributed by atoms with Gasteiger partial charge in [0.05, 0.1) is 0 Å². The maximum atomic E-state index is 8.91. The average molecular weight is 240 g/mol. The maximum absolute atomic E-state index is 8.91. The zero-order valence-electron chi connectivity index (χ0n) is 9.40. The van der Waals surface area contributed by atoms with E-state index in [1.54, 1.807) is 0 Å². The maximum Gasteiger partial charge on any atom is 0.0451 e. The Morgan fingerprint density at radius 3 is 2.94 bits per heavy atom. The Balaban J connectivity index is 1.90. The molecule has 1 aliphatic rings. The highest BCUT2D eigenvalue weighted by molar-refractivity contribution is 6.31. The summed E-state index contributed by atoms with van der Waals surface area (Å²) in [5, 5.41) is 9.76. The molecule has 0 aliphatic carbocycles. The van der Waals surface area contributed by atoms with Gasteiger partial charge in [0, 0.05) is 24.7 Å². The number of hydrogen-bond acceptors (Lipinski definition) is 2. The fourth-order valence-electron chi connectivity index (χ4n) is 2.34. The van der Waals surface area contributed by atoms with Crippen LogP contribution in [-0.4, -0.2) is 29.7 Å². The van der Waals surface area contributed by atoms with Crippen LogP contribution in [0.5, 0.6) is 0 Å². The number of aliphatic hydroxyl groups is 1. The van der Waals surface area contributed by atoms with E-state index in [9.17, 15) is 0 Å². The van der Waals surface area contributed by atoms with Crippen LogP contribution in [0.2, 0.25) is 5.02 Å². The normalized spacial score (nSPS) is 21.5. The highest BCUT2D eigenvalue weighted by Crippen LogP contribution is 2.23. The average Bonchev–Trinajstić information content (AvgIpc) is 2.70. The quantitative estimate of drug-likeness (QED) is 0.873. The van der Waals surface area contributed by atoms with Crippen molar-refractivity contribution < 1.29 is 5.11 Å². The van der Waals surface area contributed by atoms with E-state index >= 15 is 0 Å². The predicted molar refractivity (Wildman–Crippen MR) is 66.5 cm³/mol. The molecule has 0 aromatic heterocycles. The van der Waals surface area contributed by atoms with E-state index in [1.807, 2.05) is 18.2 Å². The van der Waals surface area contributed by atoms with Crippen molar-refractivity contribution in [3.05, 3.63) is 34.9 Å². The van der Waals surface area contributed by atoms with Crippen LogP contribution in [0.15, 0.2) is 24.3 Å². The Kier molecular flexibility index (Phi) is 4.22. The van der Waals surface area contributed by atoms with E-state index in [1.165, 1.54) is 12.0 Å². The molecule has 0 radical (unpaired) electrons. The van der Waals surface area contributed by atoms with Crippen molar-refractivity contribution in [2.45, 2.75) is 19.4 Å². The topological polar surface area (TPSA) is 23.5 Å². The standard InChI is InChI=1S/C13H18ClNO/c14-13-4-2-1-3-12(13)10-15-7-5-11(9-15)6-8-16/h1-4,11,16H,5-10H2. The van der Waals surface area contributed by atoms with Crippen LogP contribution in [0, 0.1) is 5.92 Å². The van der Waals surface area contributed by atoms with Crippen molar-refractivity contribution in [2.24, 2.45) is 5.92 Å². The van der Waals surface area contributed by atoms with Crippen LogP contribution < -0.4 is 0 Å². The van der Waals surface area contributed by atoms with Gasteiger partial charge in [-0.05, 0) is 36.9 Å². The highest BCUT2D eigenvalue weighted by atomic mass is 35.5. The Bertz CT molecular complexity index is 342. The molecular formula is C13H18ClNO. The number of likely N-dealkylation sites (tertiary alicyclic amines) is 1. The van der Waals surface area contributed by atoms with Crippen molar-refractivity contribution in [1.82, 2.24) is 4.90 Å². The van der Waals surface area contributed by atoms with Gasteiger partial charge >= 0.3 is 0 Å². The minimum atomic E-state index is 0.310. The second-order valence-corrected chi connectivity index (χ2v) is 4.90. The van der Waals surface area contributed by atoms with Gasteiger partial charge in [0.1, 0.15) is 0 Å². The molecule has 1 saturated heterocycles. The zero-order chi connectivity index (χ0) is 11.4. The molecule has 1 atom stereocenters. The third-order valence-corrected chi connectivity index (χ3v) is 3.63. The first-order chi connectivity index (χ1) is 7.79. The third kappa shape index (κ3) is 2.97. The lowest BCUT2D eigenvalue weighted by molar-refractivity contribution is 0.249. The number of nitrogens with zero attached hydrogens (tertiary/aromatic N) is 1. The van der Waals surface area contributed by atoms with E-state index in [2.05, 4.69) is 11.0 Å². The summed E-state index contributed by atoms with van der Waals surface area (Å²) in [5.74, 6) is 0.660. The van der Waals surface area contributed by atoms with Crippen molar-refractivity contribution in [3.8, 4) is 0 Å². The lowest BCUT2D eigenvalue weighted by Gasteiger charge is -2.16. The van der Waals surface area contributed by atoms with Crippen LogP contribution >= 0.6 is 11.6 Å². The molecule has 88 valence electrons. The minimum Gasteiger partial charge on any atom is -0.396 e. The van der Waals surface area contributed by atoms with E-state index in [0.717, 1.165) is 31.1 Å². The number of rotatable bonds is 4. The number of hydrogen-bond donors (Lipinski definition) is 1. The van der Waals surface area contributed by atoms with Crippen LogP contribution in [0.4, 0.5) is 0 Å². The van der Waals surface area contributed by atoms with Crippen molar-refractivity contribution >= 4 is 11.6 Å². The van der Waals surface area contributed by atoms with Gasteiger partial charge in [0.15, 0.2) is 0 Å². The van der Waals surface area contributed by atoms with Gasteiger partial charge in [-0.3, -0.25) is 4.90 Å². The third-order valence-electron chi connectivity index (χ3n) is 3.26.